The average molecular weight is 389 g/mol. The first-order valence-electron chi connectivity index (χ1n) is 8.54. The molecule has 5 nitrogen and oxygen atoms in total. The second kappa shape index (κ2) is 6.43. The van der Waals surface area contributed by atoms with Gasteiger partial charge in [0.05, 0.1) is 34.2 Å². The molecular formula is C19H15F4N5. The third-order valence-corrected chi connectivity index (χ3v) is 4.44. The number of benzene rings is 1. The van der Waals surface area contributed by atoms with E-state index in [4.69, 9.17) is 0 Å². The molecule has 1 aromatic carbocycles. The Morgan fingerprint density at radius 1 is 1.11 bits per heavy atom. The van der Waals surface area contributed by atoms with Crippen LogP contribution in [0.1, 0.15) is 18.2 Å². The fourth-order valence-corrected chi connectivity index (χ4v) is 3.09. The lowest BCUT2D eigenvalue weighted by Crippen LogP contribution is -2.08. The number of hydrogen-bond donors (Lipinski definition) is 0. The fourth-order valence-electron chi connectivity index (χ4n) is 3.09. The molecule has 144 valence electrons. The lowest BCUT2D eigenvalue weighted by molar-refractivity contribution is -0.136. The van der Waals surface area contributed by atoms with Crippen molar-refractivity contribution in [2.75, 3.05) is 0 Å². The zero-order chi connectivity index (χ0) is 20.1. The van der Waals surface area contributed by atoms with Crippen LogP contribution in [-0.4, -0.2) is 24.5 Å². The van der Waals surface area contributed by atoms with Crippen LogP contribution >= 0.6 is 0 Å². The van der Waals surface area contributed by atoms with Gasteiger partial charge in [-0.1, -0.05) is 0 Å². The Bertz CT molecular complexity index is 1160. The summed E-state index contributed by atoms with van der Waals surface area (Å²) in [6.07, 6.45) is -1.47. The molecule has 28 heavy (non-hydrogen) atoms. The zero-order valence-corrected chi connectivity index (χ0v) is 15.0. The monoisotopic (exact) mass is 389 g/mol. The highest BCUT2D eigenvalue weighted by Crippen LogP contribution is 2.38. The minimum absolute atomic E-state index is 0.0539. The van der Waals surface area contributed by atoms with Crippen LogP contribution in [0, 0.1) is 12.7 Å². The van der Waals surface area contributed by atoms with E-state index in [-0.39, 0.29) is 22.4 Å². The largest absolute Gasteiger partial charge is 0.417 e. The lowest BCUT2D eigenvalue weighted by atomic mass is 10.1. The maximum absolute atomic E-state index is 13.8. The number of alkyl halides is 3. The van der Waals surface area contributed by atoms with Crippen LogP contribution < -0.4 is 0 Å². The Morgan fingerprint density at radius 2 is 1.82 bits per heavy atom. The standard InChI is InChI=1S/C19H15F4N5/c1-3-27-10-12(9-24-27)16-8-15(19(21,22)23)17-11(2)26-28(18(17)25-16)14-6-4-13(20)5-7-14/h4-10H,3H2,1-2H3. The molecule has 4 aromatic rings. The third-order valence-electron chi connectivity index (χ3n) is 4.44. The number of pyridine rings is 1. The van der Waals surface area contributed by atoms with Crippen molar-refractivity contribution in [1.82, 2.24) is 24.5 Å². The molecule has 0 spiro atoms. The number of nitrogens with zero attached hydrogens (tertiary/aromatic N) is 5. The van der Waals surface area contributed by atoms with Crippen LogP contribution in [0.3, 0.4) is 0 Å². The van der Waals surface area contributed by atoms with Gasteiger partial charge < -0.3 is 0 Å². The fraction of sp³-hybridized carbons (Fsp3) is 0.211. The van der Waals surface area contributed by atoms with Gasteiger partial charge in [-0.25, -0.2) is 14.1 Å². The van der Waals surface area contributed by atoms with Gasteiger partial charge in [0.2, 0.25) is 0 Å². The van der Waals surface area contributed by atoms with Gasteiger partial charge in [-0.2, -0.15) is 23.4 Å². The number of aromatic nitrogens is 5. The topological polar surface area (TPSA) is 48.5 Å². The summed E-state index contributed by atoms with van der Waals surface area (Å²) in [5, 5.41) is 8.26. The molecule has 0 N–H and O–H groups in total. The minimum atomic E-state index is -4.59. The summed E-state index contributed by atoms with van der Waals surface area (Å²) in [4.78, 5) is 4.44. The van der Waals surface area contributed by atoms with Gasteiger partial charge >= 0.3 is 6.18 Å². The van der Waals surface area contributed by atoms with Crippen molar-refractivity contribution in [3.63, 3.8) is 0 Å². The van der Waals surface area contributed by atoms with Gasteiger partial charge in [-0.05, 0) is 44.2 Å². The minimum Gasteiger partial charge on any atom is -0.272 e. The lowest BCUT2D eigenvalue weighted by Gasteiger charge is -2.11. The molecule has 0 aliphatic heterocycles. The summed E-state index contributed by atoms with van der Waals surface area (Å²) >= 11 is 0. The number of hydrogen-bond acceptors (Lipinski definition) is 3. The summed E-state index contributed by atoms with van der Waals surface area (Å²) in [5.41, 5.74) is 0.457. The molecule has 0 atom stereocenters. The molecule has 0 aliphatic carbocycles. The van der Waals surface area contributed by atoms with Crippen LogP contribution in [0.15, 0.2) is 42.7 Å². The van der Waals surface area contributed by atoms with Crippen LogP contribution in [-0.2, 0) is 12.7 Å². The first-order chi connectivity index (χ1) is 13.3. The summed E-state index contributed by atoms with van der Waals surface area (Å²) in [6, 6.07) is 6.34. The Labute approximate surface area is 157 Å². The van der Waals surface area contributed by atoms with E-state index >= 15 is 0 Å². The maximum atomic E-state index is 13.8. The van der Waals surface area contributed by atoms with Crippen molar-refractivity contribution in [3.8, 4) is 16.9 Å². The molecule has 0 amide bonds. The summed E-state index contributed by atoms with van der Waals surface area (Å²) in [5.74, 6) is -0.450. The number of halogens is 4. The van der Waals surface area contributed by atoms with E-state index < -0.39 is 17.6 Å². The maximum Gasteiger partial charge on any atom is 0.417 e. The van der Waals surface area contributed by atoms with Gasteiger partial charge in [0.15, 0.2) is 5.65 Å². The first kappa shape index (κ1) is 18.1. The molecule has 0 bridgehead atoms. The Balaban J connectivity index is 2.02. The second-order valence-corrected chi connectivity index (χ2v) is 6.31. The van der Waals surface area contributed by atoms with E-state index in [2.05, 4.69) is 15.2 Å². The molecular weight excluding hydrogens is 374 g/mol. The van der Waals surface area contributed by atoms with Crippen molar-refractivity contribution < 1.29 is 17.6 Å². The van der Waals surface area contributed by atoms with Gasteiger partial charge in [0.1, 0.15) is 5.82 Å². The predicted molar refractivity (Wildman–Crippen MR) is 95.5 cm³/mol. The molecule has 0 saturated heterocycles. The zero-order valence-electron chi connectivity index (χ0n) is 15.0. The van der Waals surface area contributed by atoms with Crippen molar-refractivity contribution in [2.24, 2.45) is 0 Å². The molecule has 9 heteroatoms. The smallest absolute Gasteiger partial charge is 0.272 e. The Kier molecular flexibility index (Phi) is 4.17. The van der Waals surface area contributed by atoms with Crippen LogP contribution in [0.5, 0.6) is 0 Å². The average Bonchev–Trinajstić information content (AvgIpc) is 3.26. The van der Waals surface area contributed by atoms with E-state index in [0.717, 1.165) is 6.07 Å². The number of aryl methyl sites for hydroxylation is 2. The van der Waals surface area contributed by atoms with E-state index in [1.807, 2.05) is 6.92 Å². The molecule has 0 saturated carbocycles. The van der Waals surface area contributed by atoms with E-state index in [0.29, 0.717) is 17.8 Å². The molecule has 0 radical (unpaired) electrons. The molecule has 4 rings (SSSR count). The quantitative estimate of drug-likeness (QED) is 0.474. The van der Waals surface area contributed by atoms with E-state index in [1.165, 1.54) is 42.1 Å². The second-order valence-electron chi connectivity index (χ2n) is 6.31. The highest BCUT2D eigenvalue weighted by Gasteiger charge is 2.36. The van der Waals surface area contributed by atoms with Crippen molar-refractivity contribution in [3.05, 3.63) is 59.8 Å². The highest BCUT2D eigenvalue weighted by molar-refractivity contribution is 5.86. The van der Waals surface area contributed by atoms with Crippen LogP contribution in [0.2, 0.25) is 0 Å². The normalized spacial score (nSPS) is 12.1. The van der Waals surface area contributed by atoms with Crippen LogP contribution in [0.4, 0.5) is 17.6 Å². The number of rotatable bonds is 3. The van der Waals surface area contributed by atoms with Gasteiger partial charge in [-0.15, -0.1) is 0 Å². The Hall–Kier alpha value is -3.23. The van der Waals surface area contributed by atoms with Crippen molar-refractivity contribution in [2.45, 2.75) is 26.6 Å². The van der Waals surface area contributed by atoms with Crippen LogP contribution in [0.25, 0.3) is 28.0 Å². The number of fused-ring (bicyclic) bond motifs is 1. The summed E-state index contributed by atoms with van der Waals surface area (Å²) in [7, 11) is 0. The third kappa shape index (κ3) is 3.02. The molecule has 0 fully saturated rings. The summed E-state index contributed by atoms with van der Waals surface area (Å²) in [6.45, 7) is 3.95. The van der Waals surface area contributed by atoms with Gasteiger partial charge in [0, 0.05) is 18.3 Å². The van der Waals surface area contributed by atoms with Crippen molar-refractivity contribution in [1.29, 1.82) is 0 Å². The molecule has 0 aliphatic rings. The highest BCUT2D eigenvalue weighted by atomic mass is 19.4. The SMILES string of the molecule is CCn1cc(-c2cc(C(F)(F)F)c3c(C)nn(-c4ccc(F)cc4)c3n2)cn1. The van der Waals surface area contributed by atoms with Gasteiger partial charge in [0.25, 0.3) is 0 Å². The van der Waals surface area contributed by atoms with Crippen molar-refractivity contribution >= 4 is 11.0 Å². The van der Waals surface area contributed by atoms with E-state index in [9.17, 15) is 17.6 Å². The first-order valence-corrected chi connectivity index (χ1v) is 8.54. The molecule has 0 unspecified atom stereocenters. The summed E-state index contributed by atoms with van der Waals surface area (Å²) < 4.78 is 57.5. The van der Waals surface area contributed by atoms with E-state index in [1.54, 1.807) is 10.9 Å². The molecule has 3 heterocycles. The predicted octanol–water partition coefficient (Wildman–Crippen LogP) is 4.77. The Morgan fingerprint density at radius 3 is 2.43 bits per heavy atom. The van der Waals surface area contributed by atoms with Gasteiger partial charge in [-0.3, -0.25) is 4.68 Å². The molecule has 3 aromatic heterocycles.